The molecule has 6 heteroatoms. The van der Waals surface area contributed by atoms with Gasteiger partial charge in [0.15, 0.2) is 0 Å². The van der Waals surface area contributed by atoms with Gasteiger partial charge in [-0.25, -0.2) is 9.78 Å². The van der Waals surface area contributed by atoms with Crippen molar-refractivity contribution in [1.82, 2.24) is 15.6 Å². The molecule has 0 spiro atoms. The molecule has 1 unspecified atom stereocenters. The number of nitrogens with zero attached hydrogens (tertiary/aromatic N) is 1. The number of aryl methyl sites for hydroxylation is 1. The number of carbonyl (C=O) groups is 1. The molecule has 0 fully saturated rings. The third kappa shape index (κ3) is 6.34. The minimum Gasteiger partial charge on any atom is -0.444 e. The van der Waals surface area contributed by atoms with Crippen LogP contribution in [0.2, 0.25) is 0 Å². The topological polar surface area (TPSA) is 63.2 Å². The first-order chi connectivity index (χ1) is 9.31. The first-order valence-electron chi connectivity index (χ1n) is 6.91. The Kier molecular flexibility index (Phi) is 6.42. The van der Waals surface area contributed by atoms with E-state index in [-0.39, 0.29) is 12.1 Å². The summed E-state index contributed by atoms with van der Waals surface area (Å²) in [6.45, 7) is 11.1. The lowest BCUT2D eigenvalue weighted by Gasteiger charge is -2.23. The zero-order chi connectivity index (χ0) is 15.2. The van der Waals surface area contributed by atoms with Crippen molar-refractivity contribution in [3.63, 3.8) is 0 Å². The van der Waals surface area contributed by atoms with Gasteiger partial charge in [-0.3, -0.25) is 0 Å². The number of carbonyl (C=O) groups excluding carboxylic acids is 1. The van der Waals surface area contributed by atoms with Crippen molar-refractivity contribution in [2.75, 3.05) is 6.54 Å². The maximum atomic E-state index is 11.7. The second-order valence-electron chi connectivity index (χ2n) is 5.74. The summed E-state index contributed by atoms with van der Waals surface area (Å²) in [7, 11) is 0. The fourth-order valence-electron chi connectivity index (χ4n) is 1.63. The van der Waals surface area contributed by atoms with Gasteiger partial charge in [0.2, 0.25) is 0 Å². The van der Waals surface area contributed by atoms with Gasteiger partial charge in [-0.05, 0) is 34.1 Å². The Morgan fingerprint density at radius 1 is 1.50 bits per heavy atom. The smallest absolute Gasteiger partial charge is 0.407 e. The second-order valence-corrected chi connectivity index (χ2v) is 6.68. The van der Waals surface area contributed by atoms with Gasteiger partial charge in [-0.2, -0.15) is 0 Å². The molecule has 1 rings (SSSR count). The highest BCUT2D eigenvalue weighted by molar-refractivity contribution is 7.09. The molecule has 1 heterocycles. The third-order valence-electron chi connectivity index (χ3n) is 2.73. The van der Waals surface area contributed by atoms with Crippen molar-refractivity contribution in [1.29, 1.82) is 0 Å². The van der Waals surface area contributed by atoms with Crippen molar-refractivity contribution in [2.45, 2.75) is 59.2 Å². The number of ether oxygens (including phenoxy) is 1. The van der Waals surface area contributed by atoms with Crippen LogP contribution in [0.1, 0.15) is 44.7 Å². The van der Waals surface area contributed by atoms with Crippen molar-refractivity contribution in [2.24, 2.45) is 0 Å². The third-order valence-corrected chi connectivity index (χ3v) is 3.67. The molecule has 20 heavy (non-hydrogen) atoms. The number of aromatic nitrogens is 1. The predicted molar refractivity (Wildman–Crippen MR) is 82.0 cm³/mol. The summed E-state index contributed by atoms with van der Waals surface area (Å²) in [5.74, 6) is 0. The van der Waals surface area contributed by atoms with Crippen LogP contribution in [0, 0.1) is 6.92 Å². The molecule has 1 aromatic heterocycles. The van der Waals surface area contributed by atoms with Gasteiger partial charge in [0.25, 0.3) is 0 Å². The van der Waals surface area contributed by atoms with E-state index in [1.807, 2.05) is 40.1 Å². The van der Waals surface area contributed by atoms with Gasteiger partial charge in [-0.15, -0.1) is 11.3 Å². The van der Waals surface area contributed by atoms with Gasteiger partial charge >= 0.3 is 6.09 Å². The Labute approximate surface area is 125 Å². The minimum absolute atomic E-state index is 0.0677. The molecule has 0 aliphatic carbocycles. The van der Waals surface area contributed by atoms with E-state index >= 15 is 0 Å². The van der Waals surface area contributed by atoms with Crippen molar-refractivity contribution in [3.8, 4) is 0 Å². The number of thiazole rings is 1. The molecule has 0 aromatic carbocycles. The van der Waals surface area contributed by atoms with Crippen LogP contribution in [-0.4, -0.2) is 29.3 Å². The summed E-state index contributed by atoms with van der Waals surface area (Å²) in [5.41, 5.74) is 2.45. The molecule has 0 radical (unpaired) electrons. The van der Waals surface area contributed by atoms with Crippen molar-refractivity contribution >= 4 is 17.4 Å². The SMILES string of the molecule is CCC(CNCc1scnc1C)NC(=O)OC(C)(C)C. The summed E-state index contributed by atoms with van der Waals surface area (Å²) in [5, 5.41) is 6.23. The monoisotopic (exact) mass is 299 g/mol. The minimum atomic E-state index is -0.463. The summed E-state index contributed by atoms with van der Waals surface area (Å²) in [6.07, 6.45) is 0.494. The molecule has 114 valence electrons. The summed E-state index contributed by atoms with van der Waals surface area (Å²) >= 11 is 1.64. The van der Waals surface area contributed by atoms with E-state index in [0.29, 0.717) is 6.54 Å². The Hall–Kier alpha value is -1.14. The maximum absolute atomic E-state index is 11.7. The highest BCUT2D eigenvalue weighted by Crippen LogP contribution is 2.11. The molecule has 0 saturated heterocycles. The molecule has 0 saturated carbocycles. The van der Waals surface area contributed by atoms with Gasteiger partial charge < -0.3 is 15.4 Å². The first-order valence-corrected chi connectivity index (χ1v) is 7.79. The molecule has 1 atom stereocenters. The predicted octanol–water partition coefficient (Wildman–Crippen LogP) is 2.84. The summed E-state index contributed by atoms with van der Waals surface area (Å²) in [4.78, 5) is 17.2. The zero-order valence-electron chi connectivity index (χ0n) is 12.9. The second kappa shape index (κ2) is 7.59. The fraction of sp³-hybridized carbons (Fsp3) is 0.714. The van der Waals surface area contributed by atoms with Crippen molar-refractivity contribution in [3.05, 3.63) is 16.1 Å². The van der Waals surface area contributed by atoms with Crippen LogP contribution in [-0.2, 0) is 11.3 Å². The van der Waals surface area contributed by atoms with E-state index in [9.17, 15) is 4.79 Å². The summed E-state index contributed by atoms with van der Waals surface area (Å²) < 4.78 is 5.26. The number of amides is 1. The van der Waals surface area contributed by atoms with Crippen LogP contribution in [0.4, 0.5) is 4.79 Å². The maximum Gasteiger partial charge on any atom is 0.407 e. The largest absolute Gasteiger partial charge is 0.444 e. The zero-order valence-corrected chi connectivity index (χ0v) is 13.8. The Morgan fingerprint density at radius 3 is 2.70 bits per heavy atom. The van der Waals surface area contributed by atoms with Gasteiger partial charge in [0.1, 0.15) is 5.60 Å². The number of rotatable bonds is 6. The molecular formula is C14H25N3O2S. The van der Waals surface area contributed by atoms with E-state index in [2.05, 4.69) is 15.6 Å². The van der Waals surface area contributed by atoms with E-state index in [4.69, 9.17) is 4.74 Å². The average Bonchev–Trinajstić information content (AvgIpc) is 2.71. The van der Waals surface area contributed by atoms with Crippen LogP contribution in [0.5, 0.6) is 0 Å². The Balaban J connectivity index is 2.32. The molecular weight excluding hydrogens is 274 g/mol. The molecule has 5 nitrogen and oxygen atoms in total. The van der Waals surface area contributed by atoms with E-state index < -0.39 is 5.60 Å². The average molecular weight is 299 g/mol. The van der Waals surface area contributed by atoms with Crippen LogP contribution < -0.4 is 10.6 Å². The quantitative estimate of drug-likeness (QED) is 0.848. The van der Waals surface area contributed by atoms with Crippen molar-refractivity contribution < 1.29 is 9.53 Å². The van der Waals surface area contributed by atoms with Crippen LogP contribution in [0.3, 0.4) is 0 Å². The fourth-order valence-corrected chi connectivity index (χ4v) is 2.37. The Morgan fingerprint density at radius 2 is 2.20 bits per heavy atom. The van der Waals surface area contributed by atoms with Gasteiger partial charge in [-0.1, -0.05) is 6.92 Å². The molecule has 1 amide bonds. The number of hydrogen-bond donors (Lipinski definition) is 2. The van der Waals surface area contributed by atoms with Gasteiger partial charge in [0.05, 0.1) is 11.2 Å². The molecule has 0 aliphatic heterocycles. The Bertz CT molecular complexity index is 426. The number of nitrogens with one attached hydrogen (secondary N) is 2. The normalized spacial score (nSPS) is 13.1. The lowest BCUT2D eigenvalue weighted by Crippen LogP contribution is -2.43. The number of hydrogen-bond acceptors (Lipinski definition) is 5. The van der Waals surface area contributed by atoms with E-state index in [1.54, 1.807) is 11.3 Å². The molecule has 2 N–H and O–H groups in total. The summed E-state index contributed by atoms with van der Waals surface area (Å²) in [6, 6.07) is 0.0677. The van der Waals surface area contributed by atoms with E-state index in [0.717, 1.165) is 18.7 Å². The molecule has 0 aliphatic rings. The highest BCUT2D eigenvalue weighted by atomic mass is 32.1. The van der Waals surface area contributed by atoms with Crippen LogP contribution in [0.25, 0.3) is 0 Å². The molecule has 1 aromatic rings. The highest BCUT2D eigenvalue weighted by Gasteiger charge is 2.18. The van der Waals surface area contributed by atoms with Crippen LogP contribution >= 0.6 is 11.3 Å². The first kappa shape index (κ1) is 16.9. The lowest BCUT2D eigenvalue weighted by atomic mass is 10.2. The van der Waals surface area contributed by atoms with Crippen LogP contribution in [0.15, 0.2) is 5.51 Å². The number of alkyl carbamates (subject to hydrolysis) is 1. The van der Waals surface area contributed by atoms with Gasteiger partial charge in [0, 0.05) is 24.0 Å². The lowest BCUT2D eigenvalue weighted by molar-refractivity contribution is 0.0502. The molecule has 0 bridgehead atoms. The van der Waals surface area contributed by atoms with E-state index in [1.165, 1.54) is 4.88 Å². The standard InChI is InChI=1S/C14H25N3O2S/c1-6-11(17-13(18)19-14(3,4)5)7-15-8-12-10(2)16-9-20-12/h9,11,15H,6-8H2,1-5H3,(H,17,18).